The van der Waals surface area contributed by atoms with Gasteiger partial charge < -0.3 is 9.64 Å². The molecule has 1 aromatic rings. The van der Waals surface area contributed by atoms with Crippen LogP contribution in [0.2, 0.25) is 0 Å². The Bertz CT molecular complexity index is 403. The summed E-state index contributed by atoms with van der Waals surface area (Å²) in [5.41, 5.74) is 0.747. The maximum Gasteiger partial charge on any atom is 0.253 e. The minimum atomic E-state index is 0.135. The van der Waals surface area contributed by atoms with Gasteiger partial charge in [0.2, 0.25) is 0 Å². The summed E-state index contributed by atoms with van der Waals surface area (Å²) >= 11 is 0. The van der Waals surface area contributed by atoms with Gasteiger partial charge in [0, 0.05) is 18.7 Å². The number of rotatable bonds is 2. The number of hydrogen-bond acceptors (Lipinski definition) is 2. The van der Waals surface area contributed by atoms with Crippen molar-refractivity contribution in [3.8, 4) is 5.75 Å². The van der Waals surface area contributed by atoms with E-state index < -0.39 is 0 Å². The third-order valence-corrected chi connectivity index (χ3v) is 3.49. The second-order valence-corrected chi connectivity index (χ2v) is 5.38. The molecule has 98 valence electrons. The van der Waals surface area contributed by atoms with E-state index in [0.29, 0.717) is 11.8 Å². The highest BCUT2D eigenvalue weighted by molar-refractivity contribution is 5.94. The maximum atomic E-state index is 12.4. The molecule has 1 saturated heterocycles. The maximum absolute atomic E-state index is 12.4. The van der Waals surface area contributed by atoms with E-state index in [1.807, 2.05) is 29.2 Å². The topological polar surface area (TPSA) is 29.5 Å². The molecule has 0 radical (unpaired) electrons. The molecule has 0 unspecified atom stereocenters. The van der Waals surface area contributed by atoms with E-state index in [9.17, 15) is 4.79 Å². The molecule has 1 aliphatic heterocycles. The lowest BCUT2D eigenvalue weighted by Gasteiger charge is -2.35. The van der Waals surface area contributed by atoms with Crippen molar-refractivity contribution >= 4 is 5.91 Å². The van der Waals surface area contributed by atoms with Crippen LogP contribution in [0.3, 0.4) is 0 Å². The minimum Gasteiger partial charge on any atom is -0.497 e. The zero-order valence-corrected chi connectivity index (χ0v) is 11.3. The monoisotopic (exact) mass is 247 g/mol. The molecule has 1 aliphatic rings. The SMILES string of the molecule is COc1ccc(C(=O)N2C[C@H](C)C[C@H](C)C2)cc1. The zero-order valence-electron chi connectivity index (χ0n) is 11.3. The third-order valence-electron chi connectivity index (χ3n) is 3.49. The zero-order chi connectivity index (χ0) is 13.1. The fourth-order valence-corrected chi connectivity index (χ4v) is 2.74. The molecule has 1 aromatic carbocycles. The number of likely N-dealkylation sites (tertiary alicyclic amines) is 1. The van der Waals surface area contributed by atoms with Gasteiger partial charge in [-0.2, -0.15) is 0 Å². The van der Waals surface area contributed by atoms with E-state index in [1.165, 1.54) is 6.42 Å². The summed E-state index contributed by atoms with van der Waals surface area (Å²) in [6.45, 7) is 6.17. The number of nitrogens with zero attached hydrogens (tertiary/aromatic N) is 1. The molecule has 0 bridgehead atoms. The van der Waals surface area contributed by atoms with Crippen LogP contribution in [0.4, 0.5) is 0 Å². The number of methoxy groups -OCH3 is 1. The van der Waals surface area contributed by atoms with Gasteiger partial charge in [-0.05, 0) is 42.5 Å². The van der Waals surface area contributed by atoms with Crippen molar-refractivity contribution in [2.24, 2.45) is 11.8 Å². The number of amides is 1. The Morgan fingerprint density at radius 2 is 1.72 bits per heavy atom. The van der Waals surface area contributed by atoms with Gasteiger partial charge in [0.15, 0.2) is 0 Å². The fourth-order valence-electron chi connectivity index (χ4n) is 2.74. The van der Waals surface area contributed by atoms with Gasteiger partial charge in [-0.1, -0.05) is 13.8 Å². The number of benzene rings is 1. The van der Waals surface area contributed by atoms with E-state index >= 15 is 0 Å². The summed E-state index contributed by atoms with van der Waals surface area (Å²) in [7, 11) is 1.63. The van der Waals surface area contributed by atoms with Crippen LogP contribution in [0.25, 0.3) is 0 Å². The molecule has 1 fully saturated rings. The molecule has 3 heteroatoms. The summed E-state index contributed by atoms with van der Waals surface area (Å²) in [4.78, 5) is 14.3. The van der Waals surface area contributed by atoms with Crippen molar-refractivity contribution in [2.45, 2.75) is 20.3 Å². The smallest absolute Gasteiger partial charge is 0.253 e. The molecule has 2 rings (SSSR count). The van der Waals surface area contributed by atoms with Crippen molar-refractivity contribution in [2.75, 3.05) is 20.2 Å². The molecular weight excluding hydrogens is 226 g/mol. The molecule has 3 nitrogen and oxygen atoms in total. The van der Waals surface area contributed by atoms with Crippen LogP contribution < -0.4 is 4.74 Å². The number of ether oxygens (including phenoxy) is 1. The van der Waals surface area contributed by atoms with Crippen molar-refractivity contribution in [3.63, 3.8) is 0 Å². The van der Waals surface area contributed by atoms with E-state index in [1.54, 1.807) is 7.11 Å². The summed E-state index contributed by atoms with van der Waals surface area (Å²) < 4.78 is 5.10. The first kappa shape index (κ1) is 12.9. The van der Waals surface area contributed by atoms with Crippen LogP contribution in [0.1, 0.15) is 30.6 Å². The summed E-state index contributed by atoms with van der Waals surface area (Å²) in [5.74, 6) is 2.11. The lowest BCUT2D eigenvalue weighted by Crippen LogP contribution is -2.42. The molecule has 2 atom stereocenters. The quantitative estimate of drug-likeness (QED) is 0.804. The Labute approximate surface area is 109 Å². The predicted molar refractivity (Wildman–Crippen MR) is 71.8 cm³/mol. The Morgan fingerprint density at radius 1 is 1.17 bits per heavy atom. The summed E-state index contributed by atoms with van der Waals surface area (Å²) in [6, 6.07) is 7.35. The lowest BCUT2D eigenvalue weighted by atomic mass is 9.91. The van der Waals surface area contributed by atoms with Crippen LogP contribution in [0, 0.1) is 11.8 Å². The summed E-state index contributed by atoms with van der Waals surface area (Å²) in [6.07, 6.45) is 1.21. The van der Waals surface area contributed by atoms with Crippen molar-refractivity contribution in [1.29, 1.82) is 0 Å². The molecule has 0 saturated carbocycles. The molecule has 1 heterocycles. The number of carbonyl (C=O) groups excluding carboxylic acids is 1. The standard InChI is InChI=1S/C15H21NO2/c1-11-8-12(2)10-16(9-11)15(17)13-4-6-14(18-3)7-5-13/h4-7,11-12H,8-10H2,1-3H3/t11-,12+. The first-order valence-electron chi connectivity index (χ1n) is 6.53. The lowest BCUT2D eigenvalue weighted by molar-refractivity contribution is 0.0623. The molecule has 0 aliphatic carbocycles. The Balaban J connectivity index is 2.09. The van der Waals surface area contributed by atoms with E-state index in [0.717, 1.165) is 24.4 Å². The Kier molecular flexibility index (Phi) is 3.90. The largest absolute Gasteiger partial charge is 0.497 e. The van der Waals surface area contributed by atoms with Crippen molar-refractivity contribution < 1.29 is 9.53 Å². The Hall–Kier alpha value is -1.51. The highest BCUT2D eigenvalue weighted by Gasteiger charge is 2.25. The molecular formula is C15H21NO2. The van der Waals surface area contributed by atoms with Gasteiger partial charge >= 0.3 is 0 Å². The summed E-state index contributed by atoms with van der Waals surface area (Å²) in [5, 5.41) is 0. The number of piperidine rings is 1. The first-order chi connectivity index (χ1) is 8.60. The molecule has 0 aromatic heterocycles. The predicted octanol–water partition coefficient (Wildman–Crippen LogP) is 2.81. The highest BCUT2D eigenvalue weighted by Crippen LogP contribution is 2.23. The molecule has 0 spiro atoms. The minimum absolute atomic E-state index is 0.135. The molecule has 18 heavy (non-hydrogen) atoms. The molecule has 0 N–H and O–H groups in total. The van der Waals surface area contributed by atoms with Gasteiger partial charge in [-0.25, -0.2) is 0 Å². The van der Waals surface area contributed by atoms with Crippen LogP contribution in [0.5, 0.6) is 5.75 Å². The van der Waals surface area contributed by atoms with Gasteiger partial charge in [-0.3, -0.25) is 4.79 Å². The normalized spacial score (nSPS) is 23.8. The first-order valence-corrected chi connectivity index (χ1v) is 6.53. The second kappa shape index (κ2) is 5.42. The molecule has 1 amide bonds. The van der Waals surface area contributed by atoms with E-state index in [4.69, 9.17) is 4.74 Å². The van der Waals surface area contributed by atoms with E-state index in [2.05, 4.69) is 13.8 Å². The average Bonchev–Trinajstić information content (AvgIpc) is 2.37. The van der Waals surface area contributed by atoms with Crippen LogP contribution in [-0.4, -0.2) is 31.0 Å². The Morgan fingerprint density at radius 3 is 2.22 bits per heavy atom. The fraction of sp³-hybridized carbons (Fsp3) is 0.533. The van der Waals surface area contributed by atoms with Gasteiger partial charge in [0.05, 0.1) is 7.11 Å². The van der Waals surface area contributed by atoms with Crippen LogP contribution in [0.15, 0.2) is 24.3 Å². The number of hydrogen-bond donors (Lipinski definition) is 0. The van der Waals surface area contributed by atoms with Gasteiger partial charge in [-0.15, -0.1) is 0 Å². The van der Waals surface area contributed by atoms with Crippen LogP contribution >= 0.6 is 0 Å². The van der Waals surface area contributed by atoms with Gasteiger partial charge in [0.1, 0.15) is 5.75 Å². The third kappa shape index (κ3) is 2.84. The highest BCUT2D eigenvalue weighted by atomic mass is 16.5. The van der Waals surface area contributed by atoms with Crippen LogP contribution in [-0.2, 0) is 0 Å². The van der Waals surface area contributed by atoms with E-state index in [-0.39, 0.29) is 5.91 Å². The number of carbonyl (C=O) groups is 1. The van der Waals surface area contributed by atoms with Gasteiger partial charge in [0.25, 0.3) is 5.91 Å². The van der Waals surface area contributed by atoms with Crippen molar-refractivity contribution in [3.05, 3.63) is 29.8 Å². The van der Waals surface area contributed by atoms with Crippen molar-refractivity contribution in [1.82, 2.24) is 4.90 Å². The second-order valence-electron chi connectivity index (χ2n) is 5.38. The average molecular weight is 247 g/mol.